The molecule has 0 spiro atoms. The Morgan fingerprint density at radius 2 is 2.00 bits per heavy atom. The molecular weight excluding hydrogens is 440 g/mol. The van der Waals surface area contributed by atoms with E-state index in [4.69, 9.17) is 21.7 Å². The van der Waals surface area contributed by atoms with Crippen LogP contribution in [0.4, 0.5) is 5.95 Å². The van der Waals surface area contributed by atoms with E-state index in [9.17, 15) is 4.79 Å². The molecule has 5 nitrogen and oxygen atoms in total. The minimum Gasteiger partial charge on any atom is -0.328 e. The molecule has 0 saturated carbocycles. The number of allylic oxidation sites excluding steroid dienone is 2. The lowest BCUT2D eigenvalue weighted by Gasteiger charge is -2.38. The quantitative estimate of drug-likeness (QED) is 0.466. The summed E-state index contributed by atoms with van der Waals surface area (Å²) in [6, 6.07) is 15.7. The fourth-order valence-corrected chi connectivity index (χ4v) is 5.65. The number of carbonyl (C=O) groups is 1. The van der Waals surface area contributed by atoms with Crippen molar-refractivity contribution in [2.45, 2.75) is 50.6 Å². The van der Waals surface area contributed by atoms with Crippen LogP contribution in [0.3, 0.4) is 0 Å². The second-order valence-electron chi connectivity index (χ2n) is 9.29. The molecule has 0 amide bonds. The SMILES string of the molecule is Cc1ccccc1CSc1nc2n(n1)C(c1cccc(Cl)c1)C1=C(CC(C)(C)CC1=O)N2. The maximum Gasteiger partial charge on any atom is 0.227 e. The number of thioether (sulfide) groups is 1. The number of Topliss-reactive ketones (excluding diaryl/α,β-unsaturated/α-hetero) is 1. The van der Waals surface area contributed by atoms with E-state index >= 15 is 0 Å². The van der Waals surface area contributed by atoms with Crippen LogP contribution < -0.4 is 5.32 Å². The van der Waals surface area contributed by atoms with Crippen LogP contribution >= 0.6 is 23.4 Å². The number of anilines is 1. The number of rotatable bonds is 4. The lowest BCUT2D eigenvalue weighted by Crippen LogP contribution is -2.36. The van der Waals surface area contributed by atoms with Crippen LogP contribution in [0.1, 0.15) is 49.4 Å². The molecular formula is C25H25ClN4OS. The number of aryl methyl sites for hydroxylation is 1. The summed E-state index contributed by atoms with van der Waals surface area (Å²) in [6.07, 6.45) is 1.31. The summed E-state index contributed by atoms with van der Waals surface area (Å²) in [7, 11) is 0. The number of fused-ring (bicyclic) bond motifs is 1. The molecule has 0 bridgehead atoms. The van der Waals surface area contributed by atoms with Crippen molar-refractivity contribution in [2.24, 2.45) is 5.41 Å². The Hall–Kier alpha value is -2.57. The molecule has 2 aromatic carbocycles. The number of ketones is 1. The molecule has 2 heterocycles. The number of hydrogen-bond donors (Lipinski definition) is 1. The summed E-state index contributed by atoms with van der Waals surface area (Å²) in [5.41, 5.74) is 5.10. The fraction of sp³-hybridized carbons (Fsp3) is 0.320. The molecule has 1 aliphatic heterocycles. The standard InChI is InChI=1S/C25H25ClN4OS/c1-15-7-4-5-8-17(15)14-32-24-28-23-27-19-12-25(2,3)13-20(31)21(19)22(30(23)29-24)16-9-6-10-18(26)11-16/h4-11,22H,12-14H2,1-3H3,(H,27,28,29). The molecule has 32 heavy (non-hydrogen) atoms. The molecule has 1 aliphatic carbocycles. The predicted molar refractivity (Wildman–Crippen MR) is 129 cm³/mol. The van der Waals surface area contributed by atoms with Gasteiger partial charge in [0.2, 0.25) is 11.1 Å². The third kappa shape index (κ3) is 3.97. The van der Waals surface area contributed by atoms with Crippen LogP contribution in [0.25, 0.3) is 0 Å². The second-order valence-corrected chi connectivity index (χ2v) is 10.7. The summed E-state index contributed by atoms with van der Waals surface area (Å²) in [5, 5.41) is 9.58. The Kier molecular flexibility index (Phi) is 5.38. The average molecular weight is 465 g/mol. The third-order valence-electron chi connectivity index (χ3n) is 6.09. The number of nitrogens with one attached hydrogen (secondary N) is 1. The number of benzene rings is 2. The highest BCUT2D eigenvalue weighted by Crippen LogP contribution is 2.46. The van der Waals surface area contributed by atoms with Gasteiger partial charge in [-0.2, -0.15) is 4.98 Å². The first-order chi connectivity index (χ1) is 15.3. The minimum absolute atomic E-state index is 0.0909. The Bertz CT molecular complexity index is 1250. The zero-order valence-electron chi connectivity index (χ0n) is 18.4. The van der Waals surface area contributed by atoms with Crippen molar-refractivity contribution < 1.29 is 4.79 Å². The van der Waals surface area contributed by atoms with Gasteiger partial charge in [0.1, 0.15) is 6.04 Å². The third-order valence-corrected chi connectivity index (χ3v) is 7.22. The van der Waals surface area contributed by atoms with E-state index in [0.717, 1.165) is 29.0 Å². The molecule has 3 aromatic rings. The van der Waals surface area contributed by atoms with Crippen molar-refractivity contribution in [3.63, 3.8) is 0 Å². The zero-order chi connectivity index (χ0) is 22.5. The van der Waals surface area contributed by atoms with E-state index in [1.807, 2.05) is 35.0 Å². The lowest BCUT2D eigenvalue weighted by atomic mass is 9.73. The van der Waals surface area contributed by atoms with Crippen LogP contribution in [0, 0.1) is 12.3 Å². The van der Waals surface area contributed by atoms with Crippen LogP contribution in [0.5, 0.6) is 0 Å². The number of carbonyl (C=O) groups excluding carboxylic acids is 1. The summed E-state index contributed by atoms with van der Waals surface area (Å²) in [4.78, 5) is 18.1. The smallest absolute Gasteiger partial charge is 0.227 e. The lowest BCUT2D eigenvalue weighted by molar-refractivity contribution is -0.118. The summed E-state index contributed by atoms with van der Waals surface area (Å²) in [6.45, 7) is 6.38. The highest BCUT2D eigenvalue weighted by Gasteiger charge is 2.41. The number of halogens is 1. The minimum atomic E-state index is -0.330. The Morgan fingerprint density at radius 1 is 1.19 bits per heavy atom. The van der Waals surface area contributed by atoms with E-state index in [-0.39, 0.29) is 17.2 Å². The van der Waals surface area contributed by atoms with Crippen LogP contribution in [-0.4, -0.2) is 20.5 Å². The molecule has 164 valence electrons. The van der Waals surface area contributed by atoms with Crippen molar-refractivity contribution in [2.75, 3.05) is 5.32 Å². The summed E-state index contributed by atoms with van der Waals surface area (Å²) < 4.78 is 1.85. The molecule has 0 radical (unpaired) electrons. The molecule has 0 fully saturated rings. The fourth-order valence-electron chi connectivity index (χ4n) is 4.55. The van der Waals surface area contributed by atoms with E-state index in [2.05, 4.69) is 44.3 Å². The first-order valence-electron chi connectivity index (χ1n) is 10.7. The van der Waals surface area contributed by atoms with Crippen LogP contribution in [-0.2, 0) is 10.5 Å². The summed E-state index contributed by atoms with van der Waals surface area (Å²) >= 11 is 7.92. The first-order valence-corrected chi connectivity index (χ1v) is 12.1. The normalized spacial score (nSPS) is 19.4. The molecule has 1 atom stereocenters. The Balaban J connectivity index is 1.54. The highest BCUT2D eigenvalue weighted by molar-refractivity contribution is 7.98. The number of hydrogen-bond acceptors (Lipinski definition) is 5. The predicted octanol–water partition coefficient (Wildman–Crippen LogP) is 6.19. The first kappa shape index (κ1) is 21.3. The van der Waals surface area contributed by atoms with Gasteiger partial charge in [0.15, 0.2) is 5.78 Å². The van der Waals surface area contributed by atoms with Gasteiger partial charge in [-0.05, 0) is 47.6 Å². The van der Waals surface area contributed by atoms with Gasteiger partial charge in [0.25, 0.3) is 0 Å². The molecule has 2 aliphatic rings. The van der Waals surface area contributed by atoms with Gasteiger partial charge in [-0.3, -0.25) is 4.79 Å². The van der Waals surface area contributed by atoms with E-state index in [1.54, 1.807) is 11.8 Å². The monoisotopic (exact) mass is 464 g/mol. The number of nitrogens with zero attached hydrogens (tertiary/aromatic N) is 3. The molecule has 1 N–H and O–H groups in total. The number of aromatic nitrogens is 3. The van der Waals surface area contributed by atoms with Gasteiger partial charge in [0.05, 0.1) is 0 Å². The van der Waals surface area contributed by atoms with E-state index in [0.29, 0.717) is 22.5 Å². The van der Waals surface area contributed by atoms with Crippen molar-refractivity contribution >= 4 is 35.1 Å². The van der Waals surface area contributed by atoms with Gasteiger partial charge in [-0.1, -0.05) is 73.6 Å². The van der Waals surface area contributed by atoms with Crippen LogP contribution in [0.15, 0.2) is 65.0 Å². The van der Waals surface area contributed by atoms with Crippen molar-refractivity contribution in [3.05, 3.63) is 81.5 Å². The molecule has 5 rings (SSSR count). The second kappa shape index (κ2) is 8.09. The largest absolute Gasteiger partial charge is 0.328 e. The van der Waals surface area contributed by atoms with Gasteiger partial charge in [-0.15, -0.1) is 5.10 Å². The summed E-state index contributed by atoms with van der Waals surface area (Å²) in [5.74, 6) is 1.62. The molecule has 7 heteroatoms. The molecule has 0 saturated heterocycles. The maximum absolute atomic E-state index is 13.3. The Labute approximate surface area is 197 Å². The van der Waals surface area contributed by atoms with Crippen molar-refractivity contribution in [3.8, 4) is 0 Å². The van der Waals surface area contributed by atoms with E-state index in [1.165, 1.54) is 11.1 Å². The van der Waals surface area contributed by atoms with Gasteiger partial charge in [0, 0.05) is 28.5 Å². The zero-order valence-corrected chi connectivity index (χ0v) is 19.9. The van der Waals surface area contributed by atoms with Gasteiger partial charge >= 0.3 is 0 Å². The van der Waals surface area contributed by atoms with E-state index < -0.39 is 0 Å². The Morgan fingerprint density at radius 3 is 2.78 bits per heavy atom. The van der Waals surface area contributed by atoms with Crippen molar-refractivity contribution in [1.29, 1.82) is 0 Å². The molecule has 1 aromatic heterocycles. The topological polar surface area (TPSA) is 59.8 Å². The van der Waals surface area contributed by atoms with Crippen molar-refractivity contribution in [1.82, 2.24) is 14.8 Å². The van der Waals surface area contributed by atoms with Gasteiger partial charge in [-0.25, -0.2) is 4.68 Å². The van der Waals surface area contributed by atoms with Gasteiger partial charge < -0.3 is 5.32 Å². The average Bonchev–Trinajstić information content (AvgIpc) is 3.13. The van der Waals surface area contributed by atoms with Crippen LogP contribution in [0.2, 0.25) is 5.02 Å². The maximum atomic E-state index is 13.3. The highest BCUT2D eigenvalue weighted by atomic mass is 35.5. The molecule has 1 unspecified atom stereocenters.